The molecule has 0 radical (unpaired) electrons. The van der Waals surface area contributed by atoms with Crippen LogP contribution in [0.2, 0.25) is 0 Å². The van der Waals surface area contributed by atoms with E-state index in [1.807, 2.05) is 6.92 Å². The Bertz CT molecular complexity index is 582. The smallest absolute Gasteiger partial charge is 0.240 e. The average Bonchev–Trinajstić information content (AvgIpc) is 3.01. The molecule has 2 fully saturated rings. The van der Waals surface area contributed by atoms with Gasteiger partial charge in [0.05, 0.1) is 4.90 Å². The van der Waals surface area contributed by atoms with Crippen LogP contribution >= 0.6 is 0 Å². The molecule has 0 amide bonds. The first-order valence-electron chi connectivity index (χ1n) is 7.33. The second-order valence-electron chi connectivity index (χ2n) is 6.32. The summed E-state index contributed by atoms with van der Waals surface area (Å²) in [6.45, 7) is 2.00. The lowest BCUT2D eigenvalue weighted by atomic mass is 9.84. The van der Waals surface area contributed by atoms with E-state index in [0.717, 1.165) is 5.92 Å². The van der Waals surface area contributed by atoms with Gasteiger partial charge < -0.3 is 5.73 Å². The van der Waals surface area contributed by atoms with Crippen LogP contribution in [0.15, 0.2) is 29.2 Å². The van der Waals surface area contributed by atoms with Gasteiger partial charge in [0, 0.05) is 11.7 Å². The Morgan fingerprint density at radius 2 is 1.90 bits per heavy atom. The second kappa shape index (κ2) is 5.04. The third-order valence-corrected chi connectivity index (χ3v) is 6.54. The molecule has 3 rings (SSSR count). The molecule has 0 aliphatic heterocycles. The fourth-order valence-corrected chi connectivity index (χ4v) is 5.25. The molecule has 0 saturated heterocycles. The number of benzene rings is 1. The number of fused-ring (bicyclic) bond motifs is 2. The molecule has 20 heavy (non-hydrogen) atoms. The molecule has 1 aromatic carbocycles. The number of sulfonamides is 1. The Morgan fingerprint density at radius 3 is 2.45 bits per heavy atom. The Morgan fingerprint density at radius 1 is 1.20 bits per heavy atom. The third kappa shape index (κ3) is 2.56. The van der Waals surface area contributed by atoms with E-state index in [4.69, 9.17) is 5.73 Å². The van der Waals surface area contributed by atoms with E-state index < -0.39 is 10.0 Å². The average molecular weight is 294 g/mol. The number of nitrogens with one attached hydrogen (secondary N) is 1. The van der Waals surface area contributed by atoms with Crippen LogP contribution in [-0.2, 0) is 10.0 Å². The first-order chi connectivity index (χ1) is 9.45. The Balaban J connectivity index is 1.71. The van der Waals surface area contributed by atoms with Gasteiger partial charge in [-0.1, -0.05) is 6.42 Å². The topological polar surface area (TPSA) is 72.2 Å². The van der Waals surface area contributed by atoms with Crippen molar-refractivity contribution < 1.29 is 8.42 Å². The normalized spacial score (nSPS) is 30.6. The summed E-state index contributed by atoms with van der Waals surface area (Å²) in [6, 6.07) is 6.37. The van der Waals surface area contributed by atoms with Gasteiger partial charge in [0.2, 0.25) is 10.0 Å². The van der Waals surface area contributed by atoms with Crippen molar-refractivity contribution in [2.45, 2.75) is 43.5 Å². The lowest BCUT2D eigenvalue weighted by molar-refractivity contribution is 0.280. The lowest BCUT2D eigenvalue weighted by Crippen LogP contribution is -2.40. The zero-order valence-electron chi connectivity index (χ0n) is 11.7. The summed E-state index contributed by atoms with van der Waals surface area (Å²) >= 11 is 0. The van der Waals surface area contributed by atoms with Crippen LogP contribution in [0.4, 0.5) is 5.69 Å². The number of nitrogen functional groups attached to an aromatic ring is 1. The van der Waals surface area contributed by atoms with Gasteiger partial charge >= 0.3 is 0 Å². The van der Waals surface area contributed by atoms with Gasteiger partial charge in [0.15, 0.2) is 0 Å². The number of rotatable bonds is 4. The fraction of sp³-hybridized carbons (Fsp3) is 0.600. The Hall–Kier alpha value is -1.07. The Labute approximate surface area is 120 Å². The van der Waals surface area contributed by atoms with E-state index in [9.17, 15) is 8.42 Å². The Kier molecular flexibility index (Phi) is 3.50. The van der Waals surface area contributed by atoms with Crippen molar-refractivity contribution in [2.24, 2.45) is 17.8 Å². The van der Waals surface area contributed by atoms with Gasteiger partial charge in [0.1, 0.15) is 0 Å². The maximum Gasteiger partial charge on any atom is 0.240 e. The number of anilines is 1. The molecule has 2 bridgehead atoms. The van der Waals surface area contributed by atoms with E-state index >= 15 is 0 Å². The minimum atomic E-state index is -3.44. The molecule has 0 unspecified atom stereocenters. The molecule has 1 aromatic rings. The van der Waals surface area contributed by atoms with Crippen LogP contribution in [-0.4, -0.2) is 14.5 Å². The molecule has 0 heterocycles. The van der Waals surface area contributed by atoms with Gasteiger partial charge in [-0.05, 0) is 68.2 Å². The first-order valence-corrected chi connectivity index (χ1v) is 8.82. The summed E-state index contributed by atoms with van der Waals surface area (Å²) in [6.07, 6.45) is 5.07. The predicted molar refractivity (Wildman–Crippen MR) is 79.6 cm³/mol. The zero-order valence-corrected chi connectivity index (χ0v) is 12.6. The molecule has 0 spiro atoms. The fourth-order valence-electron chi connectivity index (χ4n) is 3.95. The number of nitrogens with two attached hydrogens (primary N) is 1. The van der Waals surface area contributed by atoms with Crippen LogP contribution in [0.5, 0.6) is 0 Å². The van der Waals surface area contributed by atoms with Crippen molar-refractivity contribution in [1.29, 1.82) is 0 Å². The van der Waals surface area contributed by atoms with Crippen LogP contribution in [0, 0.1) is 17.8 Å². The van der Waals surface area contributed by atoms with Crippen LogP contribution in [0.3, 0.4) is 0 Å². The largest absolute Gasteiger partial charge is 0.399 e. The van der Waals surface area contributed by atoms with Crippen molar-refractivity contribution in [3.8, 4) is 0 Å². The SMILES string of the molecule is C[C@H](NS(=O)(=O)c1ccc(N)cc1)[C@H]1C[C@H]2CC[C@H]1C2. The molecule has 3 N–H and O–H groups in total. The van der Waals surface area contributed by atoms with Gasteiger partial charge in [0.25, 0.3) is 0 Å². The zero-order chi connectivity index (χ0) is 14.3. The standard InChI is InChI=1S/C15H22N2O2S/c1-10(15-9-11-2-3-12(15)8-11)17-20(18,19)14-6-4-13(16)5-7-14/h4-7,10-12,15,17H,2-3,8-9,16H2,1H3/t10-,11-,12-,15+/m0/s1. The molecular formula is C15H22N2O2S. The highest BCUT2D eigenvalue weighted by Gasteiger charge is 2.42. The number of hydrogen-bond donors (Lipinski definition) is 2. The van der Waals surface area contributed by atoms with Gasteiger partial charge in [-0.2, -0.15) is 0 Å². The molecule has 5 heteroatoms. The van der Waals surface area contributed by atoms with Crippen molar-refractivity contribution in [3.05, 3.63) is 24.3 Å². The van der Waals surface area contributed by atoms with Crippen molar-refractivity contribution in [3.63, 3.8) is 0 Å². The van der Waals surface area contributed by atoms with Crippen molar-refractivity contribution in [1.82, 2.24) is 4.72 Å². The summed E-state index contributed by atoms with van der Waals surface area (Å²) in [5.41, 5.74) is 6.17. The van der Waals surface area contributed by atoms with Crippen LogP contribution in [0.1, 0.15) is 32.6 Å². The monoisotopic (exact) mass is 294 g/mol. The third-order valence-electron chi connectivity index (χ3n) is 4.97. The summed E-state index contributed by atoms with van der Waals surface area (Å²) in [7, 11) is -3.44. The van der Waals surface area contributed by atoms with Crippen molar-refractivity contribution in [2.75, 3.05) is 5.73 Å². The highest BCUT2D eigenvalue weighted by Crippen LogP contribution is 2.49. The van der Waals surface area contributed by atoms with Crippen LogP contribution < -0.4 is 10.5 Å². The minimum absolute atomic E-state index is 0.00727. The lowest BCUT2D eigenvalue weighted by Gasteiger charge is -2.28. The molecule has 110 valence electrons. The molecule has 2 aliphatic rings. The summed E-state index contributed by atoms with van der Waals surface area (Å²) in [4.78, 5) is 0.293. The highest BCUT2D eigenvalue weighted by atomic mass is 32.2. The molecule has 4 atom stereocenters. The van der Waals surface area contributed by atoms with Crippen molar-refractivity contribution >= 4 is 15.7 Å². The maximum absolute atomic E-state index is 12.4. The molecule has 4 nitrogen and oxygen atoms in total. The van der Waals surface area contributed by atoms with E-state index in [2.05, 4.69) is 4.72 Å². The minimum Gasteiger partial charge on any atom is -0.399 e. The van der Waals surface area contributed by atoms with E-state index in [1.165, 1.54) is 25.7 Å². The first kappa shape index (κ1) is 13.9. The predicted octanol–water partition coefficient (Wildman–Crippen LogP) is 2.37. The summed E-state index contributed by atoms with van der Waals surface area (Å²) < 4.78 is 27.6. The quantitative estimate of drug-likeness (QED) is 0.837. The van der Waals surface area contributed by atoms with E-state index in [0.29, 0.717) is 22.4 Å². The summed E-state index contributed by atoms with van der Waals surface area (Å²) in [5, 5.41) is 0. The maximum atomic E-state index is 12.4. The molecule has 0 aromatic heterocycles. The van der Waals surface area contributed by atoms with E-state index in [1.54, 1.807) is 24.3 Å². The van der Waals surface area contributed by atoms with Gasteiger partial charge in [-0.25, -0.2) is 13.1 Å². The second-order valence-corrected chi connectivity index (χ2v) is 8.03. The molecule has 2 aliphatic carbocycles. The van der Waals surface area contributed by atoms with Crippen LogP contribution in [0.25, 0.3) is 0 Å². The summed E-state index contributed by atoms with van der Waals surface area (Å²) in [5.74, 6) is 2.04. The number of hydrogen-bond acceptors (Lipinski definition) is 3. The molecular weight excluding hydrogens is 272 g/mol. The van der Waals surface area contributed by atoms with Gasteiger partial charge in [-0.3, -0.25) is 0 Å². The van der Waals surface area contributed by atoms with E-state index in [-0.39, 0.29) is 6.04 Å². The molecule has 2 saturated carbocycles. The highest BCUT2D eigenvalue weighted by molar-refractivity contribution is 7.89. The van der Waals surface area contributed by atoms with Gasteiger partial charge in [-0.15, -0.1) is 0 Å².